The SMILES string of the molecule is COc1ccccc1Oc1ccc(C(=O)N(CCc2ccc(C(=O)O)cc2)CC(F)(F)F)cc1. The molecule has 178 valence electrons. The zero-order valence-electron chi connectivity index (χ0n) is 18.2. The third-order valence-electron chi connectivity index (χ3n) is 4.93. The molecule has 0 saturated heterocycles. The summed E-state index contributed by atoms with van der Waals surface area (Å²) in [4.78, 5) is 24.5. The van der Waals surface area contributed by atoms with Crippen LogP contribution in [0.1, 0.15) is 26.3 Å². The highest BCUT2D eigenvalue weighted by Crippen LogP contribution is 2.31. The number of carbonyl (C=O) groups is 2. The summed E-state index contributed by atoms with van der Waals surface area (Å²) in [5, 5.41) is 8.96. The molecule has 0 aliphatic heterocycles. The van der Waals surface area contributed by atoms with Gasteiger partial charge in [-0.3, -0.25) is 4.79 Å². The number of alkyl halides is 3. The fraction of sp³-hybridized carbons (Fsp3) is 0.200. The van der Waals surface area contributed by atoms with E-state index in [1.807, 2.05) is 0 Å². The number of carboxylic acids is 1. The summed E-state index contributed by atoms with van der Waals surface area (Å²) >= 11 is 0. The Kier molecular flexibility index (Phi) is 7.78. The third-order valence-corrected chi connectivity index (χ3v) is 4.93. The Labute approximate surface area is 194 Å². The number of hydrogen-bond donors (Lipinski definition) is 1. The van der Waals surface area contributed by atoms with Crippen molar-refractivity contribution in [1.29, 1.82) is 0 Å². The van der Waals surface area contributed by atoms with E-state index in [0.717, 1.165) is 4.90 Å². The van der Waals surface area contributed by atoms with Gasteiger partial charge < -0.3 is 19.5 Å². The largest absolute Gasteiger partial charge is 0.493 e. The predicted molar refractivity (Wildman–Crippen MR) is 119 cm³/mol. The highest BCUT2D eigenvalue weighted by molar-refractivity contribution is 5.94. The van der Waals surface area contributed by atoms with Crippen molar-refractivity contribution in [2.24, 2.45) is 0 Å². The summed E-state index contributed by atoms with van der Waals surface area (Å²) in [5.74, 6) is -0.518. The average molecular weight is 473 g/mol. The lowest BCUT2D eigenvalue weighted by atomic mass is 10.1. The van der Waals surface area contributed by atoms with Crippen LogP contribution in [-0.4, -0.2) is 48.3 Å². The number of halogens is 3. The number of nitrogens with zero attached hydrogens (tertiary/aromatic N) is 1. The summed E-state index contributed by atoms with van der Waals surface area (Å²) in [6, 6.07) is 18.5. The molecule has 0 fully saturated rings. The van der Waals surface area contributed by atoms with Crippen molar-refractivity contribution < 1.29 is 37.3 Å². The first-order valence-electron chi connectivity index (χ1n) is 10.3. The quantitative estimate of drug-likeness (QED) is 0.448. The number of aromatic carboxylic acids is 1. The van der Waals surface area contributed by atoms with Gasteiger partial charge in [0.25, 0.3) is 5.91 Å². The Bertz CT molecular complexity index is 1130. The Hall–Kier alpha value is -4.01. The normalized spacial score (nSPS) is 11.1. The standard InChI is InChI=1S/C25H22F3NO5/c1-33-21-4-2-3-5-22(21)34-20-12-10-18(11-13-20)23(30)29(16-25(26,27)28)15-14-17-6-8-19(9-7-17)24(31)32/h2-13H,14-16H2,1H3,(H,31,32). The van der Waals surface area contributed by atoms with Crippen LogP contribution in [0.25, 0.3) is 0 Å². The van der Waals surface area contributed by atoms with E-state index < -0.39 is 24.6 Å². The van der Waals surface area contributed by atoms with E-state index in [1.54, 1.807) is 24.3 Å². The van der Waals surface area contributed by atoms with Crippen LogP contribution in [0.2, 0.25) is 0 Å². The van der Waals surface area contributed by atoms with Crippen molar-refractivity contribution in [2.45, 2.75) is 12.6 Å². The molecule has 3 aromatic carbocycles. The van der Waals surface area contributed by atoms with Crippen LogP contribution in [0.15, 0.2) is 72.8 Å². The van der Waals surface area contributed by atoms with Gasteiger partial charge in [-0.2, -0.15) is 13.2 Å². The summed E-state index contributed by atoms with van der Waals surface area (Å²) in [6.45, 7) is -1.59. The first-order valence-corrected chi connectivity index (χ1v) is 10.3. The van der Waals surface area contributed by atoms with Gasteiger partial charge in [-0.05, 0) is 60.5 Å². The minimum atomic E-state index is -4.57. The second-order valence-electron chi connectivity index (χ2n) is 7.37. The molecule has 0 bridgehead atoms. The number of rotatable bonds is 9. The van der Waals surface area contributed by atoms with Gasteiger partial charge in [-0.1, -0.05) is 24.3 Å². The monoisotopic (exact) mass is 473 g/mol. The van der Waals surface area contributed by atoms with Crippen LogP contribution in [0.4, 0.5) is 13.2 Å². The minimum Gasteiger partial charge on any atom is -0.493 e. The van der Waals surface area contributed by atoms with Gasteiger partial charge in [0.15, 0.2) is 11.5 Å². The highest BCUT2D eigenvalue weighted by Gasteiger charge is 2.33. The lowest BCUT2D eigenvalue weighted by Crippen LogP contribution is -2.40. The van der Waals surface area contributed by atoms with Crippen LogP contribution < -0.4 is 9.47 Å². The Balaban J connectivity index is 1.72. The lowest BCUT2D eigenvalue weighted by Gasteiger charge is -2.24. The number of benzene rings is 3. The van der Waals surface area contributed by atoms with Crippen molar-refractivity contribution in [3.63, 3.8) is 0 Å². The number of carboxylic acid groups (broad SMARTS) is 1. The molecular formula is C25H22F3NO5. The topological polar surface area (TPSA) is 76.1 Å². The second-order valence-corrected chi connectivity index (χ2v) is 7.37. The molecule has 0 saturated carbocycles. The van der Waals surface area contributed by atoms with Crippen molar-refractivity contribution in [1.82, 2.24) is 4.90 Å². The smallest absolute Gasteiger partial charge is 0.406 e. The highest BCUT2D eigenvalue weighted by atomic mass is 19.4. The zero-order chi connectivity index (χ0) is 24.7. The fourth-order valence-electron chi connectivity index (χ4n) is 3.23. The van der Waals surface area contributed by atoms with Gasteiger partial charge in [0, 0.05) is 12.1 Å². The number of amides is 1. The second kappa shape index (κ2) is 10.7. The van der Waals surface area contributed by atoms with Crippen LogP contribution >= 0.6 is 0 Å². The molecule has 9 heteroatoms. The van der Waals surface area contributed by atoms with E-state index in [-0.39, 0.29) is 24.1 Å². The van der Waals surface area contributed by atoms with Crippen molar-refractivity contribution in [3.8, 4) is 17.2 Å². The van der Waals surface area contributed by atoms with Crippen molar-refractivity contribution in [3.05, 3.63) is 89.5 Å². The number of para-hydroxylation sites is 2. The molecule has 6 nitrogen and oxygen atoms in total. The molecule has 0 radical (unpaired) electrons. The van der Waals surface area contributed by atoms with Crippen molar-refractivity contribution in [2.75, 3.05) is 20.2 Å². The van der Waals surface area contributed by atoms with E-state index >= 15 is 0 Å². The number of hydrogen-bond acceptors (Lipinski definition) is 4. The molecule has 0 aromatic heterocycles. The molecule has 1 N–H and O–H groups in total. The molecule has 0 atom stereocenters. The summed E-state index contributed by atoms with van der Waals surface area (Å²) in [7, 11) is 1.50. The Morgan fingerprint density at radius 1 is 0.882 bits per heavy atom. The molecule has 1 amide bonds. The van der Waals surface area contributed by atoms with Gasteiger partial charge in [-0.25, -0.2) is 4.79 Å². The van der Waals surface area contributed by atoms with Crippen LogP contribution in [0.3, 0.4) is 0 Å². The average Bonchev–Trinajstić information content (AvgIpc) is 2.81. The fourth-order valence-corrected chi connectivity index (χ4v) is 3.23. The molecule has 0 unspecified atom stereocenters. The number of ether oxygens (including phenoxy) is 2. The lowest BCUT2D eigenvalue weighted by molar-refractivity contribution is -0.140. The van der Waals surface area contributed by atoms with Crippen LogP contribution in [-0.2, 0) is 6.42 Å². The van der Waals surface area contributed by atoms with Gasteiger partial charge in [-0.15, -0.1) is 0 Å². The summed E-state index contributed by atoms with van der Waals surface area (Å²) in [6.07, 6.45) is -4.44. The summed E-state index contributed by atoms with van der Waals surface area (Å²) in [5.41, 5.74) is 0.769. The summed E-state index contributed by atoms with van der Waals surface area (Å²) < 4.78 is 50.4. The van der Waals surface area contributed by atoms with Crippen LogP contribution in [0, 0.1) is 0 Å². The third kappa shape index (κ3) is 6.74. The molecule has 3 aromatic rings. The van der Waals surface area contributed by atoms with Gasteiger partial charge >= 0.3 is 12.1 Å². The Morgan fingerprint density at radius 3 is 2.03 bits per heavy atom. The molecule has 0 heterocycles. The van der Waals surface area contributed by atoms with Gasteiger partial charge in [0.05, 0.1) is 12.7 Å². The van der Waals surface area contributed by atoms with E-state index in [0.29, 0.717) is 22.8 Å². The van der Waals surface area contributed by atoms with Crippen molar-refractivity contribution >= 4 is 11.9 Å². The predicted octanol–water partition coefficient (Wildman–Crippen LogP) is 5.43. The number of methoxy groups -OCH3 is 1. The molecule has 3 rings (SSSR count). The van der Waals surface area contributed by atoms with Crippen LogP contribution in [0.5, 0.6) is 17.2 Å². The van der Waals surface area contributed by atoms with Gasteiger partial charge in [0.2, 0.25) is 0 Å². The Morgan fingerprint density at radius 2 is 1.47 bits per heavy atom. The molecule has 34 heavy (non-hydrogen) atoms. The molecule has 0 spiro atoms. The maximum absolute atomic E-state index is 13.1. The van der Waals surface area contributed by atoms with Gasteiger partial charge in [0.1, 0.15) is 12.3 Å². The number of carbonyl (C=O) groups excluding carboxylic acids is 1. The maximum Gasteiger partial charge on any atom is 0.406 e. The maximum atomic E-state index is 13.1. The first kappa shape index (κ1) is 24.6. The van der Waals surface area contributed by atoms with E-state index in [4.69, 9.17) is 14.6 Å². The zero-order valence-corrected chi connectivity index (χ0v) is 18.2. The molecule has 0 aliphatic carbocycles. The molecular weight excluding hydrogens is 451 g/mol. The minimum absolute atomic E-state index is 0.0717. The van der Waals surface area contributed by atoms with E-state index in [2.05, 4.69) is 0 Å². The first-order chi connectivity index (χ1) is 16.2. The van der Waals surface area contributed by atoms with E-state index in [9.17, 15) is 22.8 Å². The molecule has 0 aliphatic rings. The van der Waals surface area contributed by atoms with E-state index in [1.165, 1.54) is 55.6 Å².